The lowest BCUT2D eigenvalue weighted by Gasteiger charge is -2.15. The molecule has 326 valence electrons. The molecule has 0 saturated carbocycles. The Labute approximate surface area is 343 Å². The number of ether oxygens (including phenoxy) is 3. The summed E-state index contributed by atoms with van der Waals surface area (Å²) in [5, 5.41) is 0. The van der Waals surface area contributed by atoms with Crippen LogP contribution in [0.5, 0.6) is 0 Å². The summed E-state index contributed by atoms with van der Waals surface area (Å²) >= 11 is 0. The number of carbonyl (C=O) groups is 9. The van der Waals surface area contributed by atoms with Gasteiger partial charge in [0, 0.05) is 76.0 Å². The number of imide groups is 3. The van der Waals surface area contributed by atoms with Crippen molar-refractivity contribution in [2.45, 2.75) is 110 Å². The Balaban J connectivity index is 1.27. The summed E-state index contributed by atoms with van der Waals surface area (Å²) in [6.07, 6.45) is 9.33. The Kier molecular flexibility index (Phi) is 18.1. The summed E-state index contributed by atoms with van der Waals surface area (Å²) in [5.41, 5.74) is -3.15. The van der Waals surface area contributed by atoms with E-state index in [2.05, 4.69) is 0 Å². The lowest BCUT2D eigenvalue weighted by molar-refractivity contribution is -0.144. The Hall–Kier alpha value is -6.28. The van der Waals surface area contributed by atoms with E-state index in [1.54, 1.807) is 0 Å². The molecule has 6 amide bonds. The van der Waals surface area contributed by atoms with Crippen LogP contribution in [-0.4, -0.2) is 121 Å². The zero-order valence-electron chi connectivity index (χ0n) is 33.4. The van der Waals surface area contributed by atoms with Crippen molar-refractivity contribution < 1.29 is 57.4 Å². The first-order chi connectivity index (χ1) is 28.8. The summed E-state index contributed by atoms with van der Waals surface area (Å²) in [5.74, 6) is -3.88. The topological polar surface area (TPSA) is 257 Å². The minimum Gasteiger partial charge on any atom is -0.464 e. The smallest absolute Gasteiger partial charge is 0.336 e. The summed E-state index contributed by atoms with van der Waals surface area (Å²) in [6, 6.07) is 0. The SMILES string of the molecule is O=C(CCCCCN1C(=O)C=CC1=O)OCCn1c(=O)n(CCOC(=O)CCCCCN2C(=O)C=CC2=O)c(=O)n(CCOC(=O)CCCCCN2C(=O)CCC2=O)c1=O. The number of likely N-dealkylation sites (tertiary alicyclic amines) is 1. The van der Waals surface area contributed by atoms with Gasteiger partial charge in [0.2, 0.25) is 11.8 Å². The zero-order chi connectivity index (χ0) is 43.6. The maximum absolute atomic E-state index is 13.4. The summed E-state index contributed by atoms with van der Waals surface area (Å²) < 4.78 is 17.7. The third-order valence-corrected chi connectivity index (χ3v) is 9.86. The van der Waals surface area contributed by atoms with Gasteiger partial charge in [0.05, 0.1) is 19.6 Å². The van der Waals surface area contributed by atoms with Crippen molar-refractivity contribution in [3.63, 3.8) is 0 Å². The number of rotatable bonds is 27. The highest BCUT2D eigenvalue weighted by Crippen LogP contribution is 2.14. The van der Waals surface area contributed by atoms with E-state index in [1.807, 2.05) is 0 Å². The molecule has 0 unspecified atom stereocenters. The minimum atomic E-state index is -1.05. The molecule has 21 nitrogen and oxygen atoms in total. The second-order valence-corrected chi connectivity index (χ2v) is 14.2. The van der Waals surface area contributed by atoms with Crippen molar-refractivity contribution >= 4 is 53.4 Å². The number of amides is 6. The molecular weight excluding hydrogens is 792 g/mol. The molecule has 1 fully saturated rings. The van der Waals surface area contributed by atoms with Gasteiger partial charge in [-0.25, -0.2) is 28.1 Å². The van der Waals surface area contributed by atoms with Gasteiger partial charge in [-0.2, -0.15) is 0 Å². The van der Waals surface area contributed by atoms with Gasteiger partial charge < -0.3 is 14.2 Å². The molecule has 0 radical (unpaired) electrons. The number of hydrogen-bond acceptors (Lipinski definition) is 15. The lowest BCUT2D eigenvalue weighted by Crippen LogP contribution is -2.55. The molecule has 0 bridgehead atoms. The van der Waals surface area contributed by atoms with E-state index in [1.165, 1.54) is 29.2 Å². The quantitative estimate of drug-likeness (QED) is 0.0467. The van der Waals surface area contributed by atoms with Gasteiger partial charge in [0.25, 0.3) is 23.6 Å². The molecule has 1 saturated heterocycles. The Morgan fingerprint density at radius 3 is 0.967 bits per heavy atom. The normalized spacial score (nSPS) is 15.0. The predicted molar refractivity (Wildman–Crippen MR) is 205 cm³/mol. The molecule has 60 heavy (non-hydrogen) atoms. The van der Waals surface area contributed by atoms with Crippen molar-refractivity contribution in [2.75, 3.05) is 39.5 Å². The molecular formula is C39H50N6O15. The minimum absolute atomic E-state index is 0.00179. The van der Waals surface area contributed by atoms with Gasteiger partial charge in [-0.05, 0) is 38.5 Å². The monoisotopic (exact) mass is 842 g/mol. The number of unbranched alkanes of at least 4 members (excludes halogenated alkanes) is 6. The molecule has 1 aromatic rings. The van der Waals surface area contributed by atoms with Crippen molar-refractivity contribution in [3.05, 3.63) is 55.8 Å². The first kappa shape index (κ1) is 46.4. The second-order valence-electron chi connectivity index (χ2n) is 14.2. The number of carbonyl (C=O) groups excluding carboxylic acids is 9. The molecule has 1 aromatic heterocycles. The molecule has 0 spiro atoms. The average molecular weight is 843 g/mol. The average Bonchev–Trinajstić information content (AvgIpc) is 3.84. The van der Waals surface area contributed by atoms with Gasteiger partial charge >= 0.3 is 35.0 Å². The van der Waals surface area contributed by atoms with Gasteiger partial charge in [0.15, 0.2) is 0 Å². The first-order valence-electron chi connectivity index (χ1n) is 20.1. The molecule has 0 aromatic carbocycles. The van der Waals surface area contributed by atoms with Crippen molar-refractivity contribution in [1.29, 1.82) is 0 Å². The van der Waals surface area contributed by atoms with Crippen LogP contribution in [0, 0.1) is 0 Å². The van der Waals surface area contributed by atoms with Gasteiger partial charge in [-0.3, -0.25) is 57.9 Å². The van der Waals surface area contributed by atoms with Crippen LogP contribution in [0.15, 0.2) is 38.7 Å². The van der Waals surface area contributed by atoms with E-state index in [0.29, 0.717) is 71.5 Å². The number of aromatic nitrogens is 3. The molecule has 0 atom stereocenters. The highest BCUT2D eigenvalue weighted by molar-refractivity contribution is 6.13. The van der Waals surface area contributed by atoms with E-state index >= 15 is 0 Å². The standard InChI is InChI=1S/C39H50N6O15/c46-28-13-14-29(47)40(28)19-7-1-4-10-34(52)58-25-22-43-37(55)44(23-26-59-35(53)11-5-2-8-20-41-30(48)15-16-31(41)49)39(57)45(38(43)56)24-27-60-36(54)12-6-3-9-21-42-32(50)17-18-33(42)51/h13-16H,1-12,17-27H2. The summed E-state index contributed by atoms with van der Waals surface area (Å²) in [6.45, 7) is -1.83. The van der Waals surface area contributed by atoms with Crippen LogP contribution in [0.1, 0.15) is 89.9 Å². The van der Waals surface area contributed by atoms with Crippen LogP contribution >= 0.6 is 0 Å². The molecule has 4 heterocycles. The third-order valence-electron chi connectivity index (χ3n) is 9.86. The van der Waals surface area contributed by atoms with Gasteiger partial charge in [-0.1, -0.05) is 19.3 Å². The van der Waals surface area contributed by atoms with Gasteiger partial charge in [-0.15, -0.1) is 0 Å². The van der Waals surface area contributed by atoms with Crippen molar-refractivity contribution in [3.8, 4) is 0 Å². The Bertz CT molecular complexity index is 1800. The highest BCUT2D eigenvalue weighted by atomic mass is 16.5. The maximum Gasteiger partial charge on any atom is 0.336 e. The molecule has 3 aliphatic heterocycles. The second kappa shape index (κ2) is 23.3. The Morgan fingerprint density at radius 1 is 0.383 bits per heavy atom. The molecule has 3 aliphatic rings. The van der Waals surface area contributed by atoms with Crippen LogP contribution in [0.25, 0.3) is 0 Å². The Morgan fingerprint density at radius 2 is 0.667 bits per heavy atom. The van der Waals surface area contributed by atoms with Gasteiger partial charge in [0.1, 0.15) is 19.8 Å². The molecule has 0 aliphatic carbocycles. The van der Waals surface area contributed by atoms with Crippen LogP contribution in [-0.2, 0) is 77.0 Å². The van der Waals surface area contributed by atoms with E-state index in [0.717, 1.165) is 9.80 Å². The van der Waals surface area contributed by atoms with Crippen LogP contribution in [0.2, 0.25) is 0 Å². The third kappa shape index (κ3) is 13.7. The first-order valence-corrected chi connectivity index (χ1v) is 20.1. The molecule has 0 N–H and O–H groups in total. The van der Waals surface area contributed by atoms with E-state index in [-0.39, 0.29) is 63.6 Å². The molecule has 4 rings (SSSR count). The van der Waals surface area contributed by atoms with Crippen LogP contribution in [0.4, 0.5) is 0 Å². The van der Waals surface area contributed by atoms with E-state index in [4.69, 9.17) is 14.2 Å². The largest absolute Gasteiger partial charge is 0.464 e. The van der Waals surface area contributed by atoms with Crippen molar-refractivity contribution in [1.82, 2.24) is 28.4 Å². The van der Waals surface area contributed by atoms with E-state index < -0.39 is 98.1 Å². The van der Waals surface area contributed by atoms with Crippen molar-refractivity contribution in [2.24, 2.45) is 0 Å². The fraction of sp³-hybridized carbons (Fsp3) is 0.590. The van der Waals surface area contributed by atoms with Crippen LogP contribution < -0.4 is 17.1 Å². The van der Waals surface area contributed by atoms with E-state index in [9.17, 15) is 57.5 Å². The number of esters is 3. The predicted octanol–water partition coefficient (Wildman–Crippen LogP) is -0.518. The lowest BCUT2D eigenvalue weighted by atomic mass is 10.2. The highest BCUT2D eigenvalue weighted by Gasteiger charge is 2.28. The fourth-order valence-corrected chi connectivity index (χ4v) is 6.55. The fourth-order valence-electron chi connectivity index (χ4n) is 6.55. The van der Waals surface area contributed by atoms with Crippen LogP contribution in [0.3, 0.4) is 0 Å². The summed E-state index contributed by atoms with van der Waals surface area (Å²) in [7, 11) is 0. The zero-order valence-corrected chi connectivity index (χ0v) is 33.4. The maximum atomic E-state index is 13.4. The number of hydrogen-bond donors (Lipinski definition) is 0. The number of nitrogens with zero attached hydrogens (tertiary/aromatic N) is 6. The molecule has 21 heteroatoms. The summed E-state index contributed by atoms with van der Waals surface area (Å²) in [4.78, 5) is 151.